The van der Waals surface area contributed by atoms with Crippen molar-refractivity contribution in [3.8, 4) is 5.75 Å². The maximum absolute atomic E-state index is 11.8. The van der Waals surface area contributed by atoms with Crippen molar-refractivity contribution in [3.05, 3.63) is 59.7 Å². The van der Waals surface area contributed by atoms with Crippen LogP contribution in [0.4, 0.5) is 10.5 Å². The molecule has 114 valence electrons. The molecule has 6 heteroatoms. The fraction of sp³-hybridized carbons (Fsp3) is 0.125. The first kappa shape index (κ1) is 15.4. The van der Waals surface area contributed by atoms with E-state index in [-0.39, 0.29) is 17.9 Å². The van der Waals surface area contributed by atoms with Gasteiger partial charge in [0.2, 0.25) is 0 Å². The van der Waals surface area contributed by atoms with Crippen LogP contribution in [-0.4, -0.2) is 24.3 Å². The zero-order valence-electron chi connectivity index (χ0n) is 11.9. The van der Waals surface area contributed by atoms with Crippen LogP contribution in [0, 0.1) is 0 Å². The van der Waals surface area contributed by atoms with E-state index in [1.54, 1.807) is 6.07 Å². The summed E-state index contributed by atoms with van der Waals surface area (Å²) >= 11 is 0. The Morgan fingerprint density at radius 2 is 1.86 bits per heavy atom. The van der Waals surface area contributed by atoms with Gasteiger partial charge in [0, 0.05) is 0 Å². The molecule has 1 amide bonds. The van der Waals surface area contributed by atoms with Crippen molar-refractivity contribution in [2.45, 2.75) is 6.61 Å². The van der Waals surface area contributed by atoms with Crippen LogP contribution in [0.3, 0.4) is 0 Å². The highest BCUT2D eigenvalue weighted by atomic mass is 16.5. The minimum absolute atomic E-state index is 0.0731. The number of benzene rings is 2. The quantitative estimate of drug-likeness (QED) is 0.886. The van der Waals surface area contributed by atoms with Gasteiger partial charge in [-0.2, -0.15) is 0 Å². The molecule has 0 atom stereocenters. The lowest BCUT2D eigenvalue weighted by molar-refractivity contribution is 0.0697. The van der Waals surface area contributed by atoms with Crippen molar-refractivity contribution in [1.82, 2.24) is 0 Å². The number of carboxylic acid groups (broad SMARTS) is 1. The van der Waals surface area contributed by atoms with Crippen molar-refractivity contribution >= 4 is 17.7 Å². The second kappa shape index (κ2) is 7.12. The fourth-order valence-electron chi connectivity index (χ4n) is 1.81. The summed E-state index contributed by atoms with van der Waals surface area (Å²) in [5.41, 5.74) is 0.910. The highest BCUT2D eigenvalue weighted by molar-refractivity contribution is 5.99. The van der Waals surface area contributed by atoms with E-state index in [4.69, 9.17) is 14.6 Å². The molecule has 2 aromatic rings. The summed E-state index contributed by atoms with van der Waals surface area (Å²) < 4.78 is 10.0. The van der Waals surface area contributed by atoms with Crippen molar-refractivity contribution in [2.75, 3.05) is 12.4 Å². The van der Waals surface area contributed by atoms with Crippen LogP contribution in [0.25, 0.3) is 0 Å². The summed E-state index contributed by atoms with van der Waals surface area (Å²) in [6.07, 6.45) is -0.725. The monoisotopic (exact) mass is 301 g/mol. The first-order chi connectivity index (χ1) is 10.6. The molecule has 0 unspecified atom stereocenters. The second-order valence-electron chi connectivity index (χ2n) is 4.40. The van der Waals surface area contributed by atoms with Gasteiger partial charge in [0.25, 0.3) is 0 Å². The Hall–Kier alpha value is -3.02. The Morgan fingerprint density at radius 3 is 2.50 bits per heavy atom. The van der Waals surface area contributed by atoms with Gasteiger partial charge in [0.1, 0.15) is 12.4 Å². The summed E-state index contributed by atoms with van der Waals surface area (Å²) in [6.45, 7) is 0.102. The lowest BCUT2D eigenvalue weighted by Crippen LogP contribution is -2.16. The third kappa shape index (κ3) is 3.99. The smallest absolute Gasteiger partial charge is 0.411 e. The molecule has 2 rings (SSSR count). The van der Waals surface area contributed by atoms with E-state index in [0.717, 1.165) is 5.56 Å². The number of amides is 1. The number of carbonyl (C=O) groups is 2. The minimum atomic E-state index is -1.17. The second-order valence-corrected chi connectivity index (χ2v) is 4.40. The van der Waals surface area contributed by atoms with E-state index in [1.807, 2.05) is 30.3 Å². The Labute approximate surface area is 127 Å². The zero-order chi connectivity index (χ0) is 15.9. The third-order valence-electron chi connectivity index (χ3n) is 2.91. The maximum atomic E-state index is 11.8. The molecule has 0 spiro atoms. The van der Waals surface area contributed by atoms with E-state index >= 15 is 0 Å². The molecule has 0 aliphatic carbocycles. The number of ether oxygens (including phenoxy) is 2. The summed E-state index contributed by atoms with van der Waals surface area (Å²) in [5.74, 6) is -0.780. The average Bonchev–Trinajstić information content (AvgIpc) is 2.54. The van der Waals surface area contributed by atoms with Gasteiger partial charge < -0.3 is 14.6 Å². The Morgan fingerprint density at radius 1 is 1.14 bits per heavy atom. The number of methoxy groups -OCH3 is 1. The topological polar surface area (TPSA) is 84.9 Å². The first-order valence-electron chi connectivity index (χ1n) is 6.49. The van der Waals surface area contributed by atoms with Crippen LogP contribution < -0.4 is 10.1 Å². The van der Waals surface area contributed by atoms with Crippen molar-refractivity contribution in [2.24, 2.45) is 0 Å². The molecule has 0 heterocycles. The summed E-state index contributed by atoms with van der Waals surface area (Å²) in [7, 11) is 1.43. The molecular formula is C16H15NO5. The van der Waals surface area contributed by atoms with Gasteiger partial charge >= 0.3 is 12.1 Å². The van der Waals surface area contributed by atoms with Crippen LogP contribution in [0.1, 0.15) is 15.9 Å². The van der Waals surface area contributed by atoms with Crippen LogP contribution >= 0.6 is 0 Å². The Balaban J connectivity index is 2.03. The maximum Gasteiger partial charge on any atom is 0.411 e. The van der Waals surface area contributed by atoms with E-state index in [2.05, 4.69) is 5.32 Å². The normalized spacial score (nSPS) is 9.86. The molecule has 0 aliphatic heterocycles. The first-order valence-corrected chi connectivity index (χ1v) is 6.49. The molecule has 0 saturated heterocycles. The van der Waals surface area contributed by atoms with Crippen LogP contribution in [0.2, 0.25) is 0 Å². The van der Waals surface area contributed by atoms with Gasteiger partial charge in [0.05, 0.1) is 18.4 Å². The molecule has 22 heavy (non-hydrogen) atoms. The van der Waals surface area contributed by atoms with Gasteiger partial charge in [-0.15, -0.1) is 0 Å². The van der Waals surface area contributed by atoms with E-state index in [9.17, 15) is 9.59 Å². The number of anilines is 1. The minimum Gasteiger partial charge on any atom is -0.497 e. The molecule has 0 aliphatic rings. The molecule has 2 N–H and O–H groups in total. The Bertz CT molecular complexity index is 669. The number of carboxylic acids is 1. The largest absolute Gasteiger partial charge is 0.497 e. The number of hydrogen-bond donors (Lipinski definition) is 2. The fourth-order valence-corrected chi connectivity index (χ4v) is 1.81. The predicted molar refractivity (Wildman–Crippen MR) is 80.2 cm³/mol. The summed E-state index contributed by atoms with van der Waals surface area (Å²) in [6, 6.07) is 13.5. The number of nitrogens with one attached hydrogen (secondary N) is 1. The van der Waals surface area contributed by atoms with Crippen molar-refractivity contribution in [1.29, 1.82) is 0 Å². The van der Waals surface area contributed by atoms with Gasteiger partial charge in [-0.3, -0.25) is 5.32 Å². The molecule has 0 bridgehead atoms. The number of rotatable bonds is 5. The molecular weight excluding hydrogens is 286 g/mol. The van der Waals surface area contributed by atoms with Crippen LogP contribution in [0.15, 0.2) is 48.5 Å². The summed E-state index contributed by atoms with van der Waals surface area (Å²) in [4.78, 5) is 23.0. The SMILES string of the molecule is COc1ccc(NC(=O)OCc2ccccc2)c(C(=O)O)c1. The van der Waals surface area contributed by atoms with E-state index in [0.29, 0.717) is 5.75 Å². The number of aromatic carboxylic acids is 1. The van der Waals surface area contributed by atoms with Crippen molar-refractivity contribution < 1.29 is 24.2 Å². The number of hydrogen-bond acceptors (Lipinski definition) is 4. The van der Waals surface area contributed by atoms with Crippen LogP contribution in [-0.2, 0) is 11.3 Å². The molecule has 0 aromatic heterocycles. The third-order valence-corrected chi connectivity index (χ3v) is 2.91. The predicted octanol–water partition coefficient (Wildman–Crippen LogP) is 3.14. The molecule has 0 radical (unpaired) electrons. The molecule has 0 saturated carbocycles. The Kier molecular flexibility index (Phi) is 4.98. The zero-order valence-corrected chi connectivity index (χ0v) is 11.9. The standard InChI is InChI=1S/C16H15NO5/c1-21-12-7-8-14(13(9-12)15(18)19)17-16(20)22-10-11-5-3-2-4-6-11/h2-9H,10H2,1H3,(H,17,20)(H,18,19). The van der Waals surface area contributed by atoms with Gasteiger partial charge in [-0.25, -0.2) is 9.59 Å². The van der Waals surface area contributed by atoms with E-state index in [1.165, 1.54) is 19.2 Å². The van der Waals surface area contributed by atoms with Crippen LogP contribution in [0.5, 0.6) is 5.75 Å². The number of carbonyl (C=O) groups excluding carboxylic acids is 1. The molecule has 0 fully saturated rings. The molecule has 6 nitrogen and oxygen atoms in total. The average molecular weight is 301 g/mol. The van der Waals surface area contributed by atoms with Gasteiger partial charge in [-0.1, -0.05) is 30.3 Å². The van der Waals surface area contributed by atoms with E-state index < -0.39 is 12.1 Å². The molecule has 2 aromatic carbocycles. The van der Waals surface area contributed by atoms with Crippen molar-refractivity contribution in [3.63, 3.8) is 0 Å². The lowest BCUT2D eigenvalue weighted by atomic mass is 10.1. The highest BCUT2D eigenvalue weighted by Crippen LogP contribution is 2.22. The van der Waals surface area contributed by atoms with Gasteiger partial charge in [0.15, 0.2) is 0 Å². The van der Waals surface area contributed by atoms with Gasteiger partial charge in [-0.05, 0) is 23.8 Å². The lowest BCUT2D eigenvalue weighted by Gasteiger charge is -2.10. The highest BCUT2D eigenvalue weighted by Gasteiger charge is 2.14. The summed E-state index contributed by atoms with van der Waals surface area (Å²) in [5, 5.41) is 11.6.